The predicted molar refractivity (Wildman–Crippen MR) is 70.8 cm³/mol. The van der Waals surface area contributed by atoms with E-state index in [9.17, 15) is 0 Å². The minimum absolute atomic E-state index is 0.257. The lowest BCUT2D eigenvalue weighted by atomic mass is 9.89. The Labute approximate surface area is 104 Å². The summed E-state index contributed by atoms with van der Waals surface area (Å²) in [6.45, 7) is 3.28. The Hall–Kier alpha value is -0.830. The Morgan fingerprint density at radius 3 is 2.88 bits per heavy atom. The number of nitrogens with zero attached hydrogens (tertiary/aromatic N) is 2. The first-order chi connectivity index (χ1) is 8.28. The highest BCUT2D eigenvalue weighted by atomic mass is 15.0. The van der Waals surface area contributed by atoms with Crippen LogP contribution in [0.3, 0.4) is 0 Å². The van der Waals surface area contributed by atoms with E-state index in [0.717, 1.165) is 31.0 Å². The van der Waals surface area contributed by atoms with Crippen LogP contribution in [-0.2, 0) is 13.0 Å². The van der Waals surface area contributed by atoms with Crippen molar-refractivity contribution >= 4 is 0 Å². The van der Waals surface area contributed by atoms with Gasteiger partial charge in [0.2, 0.25) is 0 Å². The largest absolute Gasteiger partial charge is 0.337 e. The van der Waals surface area contributed by atoms with Gasteiger partial charge in [-0.1, -0.05) is 26.2 Å². The normalized spacial score (nSPS) is 19.4. The molecule has 3 nitrogen and oxygen atoms in total. The Bertz CT molecular complexity index is 326. The fraction of sp³-hybridized carbons (Fsp3) is 0.786. The molecule has 1 atom stereocenters. The van der Waals surface area contributed by atoms with Gasteiger partial charge in [0.05, 0.1) is 12.0 Å². The predicted octanol–water partition coefficient (Wildman–Crippen LogP) is 2.74. The highest BCUT2D eigenvalue weighted by Gasteiger charge is 2.14. The molecule has 2 rings (SSSR count). The fourth-order valence-corrected chi connectivity index (χ4v) is 2.69. The second kappa shape index (κ2) is 6.20. The van der Waals surface area contributed by atoms with Gasteiger partial charge in [-0.05, 0) is 25.2 Å². The molecule has 1 aliphatic rings. The van der Waals surface area contributed by atoms with Gasteiger partial charge < -0.3 is 10.3 Å². The van der Waals surface area contributed by atoms with E-state index >= 15 is 0 Å². The van der Waals surface area contributed by atoms with E-state index in [1.54, 1.807) is 0 Å². The molecule has 1 aromatic rings. The van der Waals surface area contributed by atoms with Crippen LogP contribution in [0.25, 0.3) is 0 Å². The van der Waals surface area contributed by atoms with Crippen LogP contribution < -0.4 is 5.73 Å². The van der Waals surface area contributed by atoms with Crippen molar-refractivity contribution in [1.82, 2.24) is 9.55 Å². The first-order valence-electron chi connectivity index (χ1n) is 7.04. The SMILES string of the molecule is CCC(N)Cc1cn(CC2CCCCC2)cn1. The molecule has 1 saturated carbocycles. The zero-order chi connectivity index (χ0) is 12.1. The van der Waals surface area contributed by atoms with Gasteiger partial charge in [-0.25, -0.2) is 4.98 Å². The van der Waals surface area contributed by atoms with Crippen LogP contribution in [0.15, 0.2) is 12.5 Å². The lowest BCUT2D eigenvalue weighted by Gasteiger charge is -2.21. The maximum Gasteiger partial charge on any atom is 0.0949 e. The molecule has 3 heteroatoms. The smallest absolute Gasteiger partial charge is 0.0949 e. The van der Waals surface area contributed by atoms with Crippen molar-refractivity contribution in [1.29, 1.82) is 0 Å². The van der Waals surface area contributed by atoms with Crippen LogP contribution in [0.5, 0.6) is 0 Å². The molecular formula is C14H25N3. The number of aromatic nitrogens is 2. The van der Waals surface area contributed by atoms with Gasteiger partial charge in [0.15, 0.2) is 0 Å². The van der Waals surface area contributed by atoms with Crippen LogP contribution in [-0.4, -0.2) is 15.6 Å². The standard InChI is InChI=1S/C14H25N3/c1-2-13(15)8-14-10-17(11-16-14)9-12-6-4-3-5-7-12/h10-13H,2-9,15H2,1H3. The van der Waals surface area contributed by atoms with E-state index in [4.69, 9.17) is 5.73 Å². The summed E-state index contributed by atoms with van der Waals surface area (Å²) >= 11 is 0. The summed E-state index contributed by atoms with van der Waals surface area (Å²) in [6, 6.07) is 0.257. The molecule has 0 aromatic carbocycles. The van der Waals surface area contributed by atoms with Crippen molar-refractivity contribution in [2.24, 2.45) is 11.7 Å². The molecule has 0 radical (unpaired) electrons. The lowest BCUT2D eigenvalue weighted by molar-refractivity contribution is 0.319. The maximum absolute atomic E-state index is 5.95. The summed E-state index contributed by atoms with van der Waals surface area (Å²) in [5.74, 6) is 0.866. The van der Waals surface area contributed by atoms with Crippen molar-refractivity contribution < 1.29 is 0 Å². The Morgan fingerprint density at radius 2 is 2.18 bits per heavy atom. The lowest BCUT2D eigenvalue weighted by Crippen LogP contribution is -2.21. The van der Waals surface area contributed by atoms with E-state index in [-0.39, 0.29) is 6.04 Å². The summed E-state index contributed by atoms with van der Waals surface area (Å²) in [7, 11) is 0. The highest BCUT2D eigenvalue weighted by Crippen LogP contribution is 2.25. The van der Waals surface area contributed by atoms with Gasteiger partial charge in [0.1, 0.15) is 0 Å². The third-order valence-corrected chi connectivity index (χ3v) is 3.88. The first-order valence-corrected chi connectivity index (χ1v) is 7.04. The Balaban J connectivity index is 1.84. The molecule has 1 aromatic heterocycles. The molecule has 2 N–H and O–H groups in total. The van der Waals surface area contributed by atoms with Crippen LogP contribution in [0.4, 0.5) is 0 Å². The number of hydrogen-bond donors (Lipinski definition) is 1. The van der Waals surface area contributed by atoms with Gasteiger partial charge in [-0.2, -0.15) is 0 Å². The average molecular weight is 235 g/mol. The van der Waals surface area contributed by atoms with Gasteiger partial charge in [-0.3, -0.25) is 0 Å². The molecule has 0 amide bonds. The molecule has 0 bridgehead atoms. The van der Waals surface area contributed by atoms with E-state index in [2.05, 4.69) is 22.7 Å². The molecule has 1 aliphatic carbocycles. The van der Waals surface area contributed by atoms with Crippen molar-refractivity contribution in [2.45, 2.75) is 64.5 Å². The number of rotatable bonds is 5. The van der Waals surface area contributed by atoms with E-state index in [0.29, 0.717) is 0 Å². The van der Waals surface area contributed by atoms with Gasteiger partial charge in [-0.15, -0.1) is 0 Å². The topological polar surface area (TPSA) is 43.8 Å². The van der Waals surface area contributed by atoms with Gasteiger partial charge in [0, 0.05) is 25.2 Å². The Kier molecular flexibility index (Phi) is 4.60. The van der Waals surface area contributed by atoms with Crippen LogP contribution in [0.2, 0.25) is 0 Å². The minimum Gasteiger partial charge on any atom is -0.337 e. The number of imidazole rings is 1. The maximum atomic E-state index is 5.95. The zero-order valence-electron chi connectivity index (χ0n) is 10.9. The second-order valence-corrected chi connectivity index (χ2v) is 5.44. The quantitative estimate of drug-likeness (QED) is 0.853. The number of nitrogens with two attached hydrogens (primary N) is 1. The van der Waals surface area contributed by atoms with Crippen molar-refractivity contribution in [3.8, 4) is 0 Å². The van der Waals surface area contributed by atoms with Crippen molar-refractivity contribution in [3.63, 3.8) is 0 Å². The first kappa shape index (κ1) is 12.6. The molecule has 96 valence electrons. The van der Waals surface area contributed by atoms with E-state index < -0.39 is 0 Å². The third-order valence-electron chi connectivity index (χ3n) is 3.88. The van der Waals surface area contributed by atoms with Gasteiger partial charge >= 0.3 is 0 Å². The molecular weight excluding hydrogens is 210 g/mol. The molecule has 0 spiro atoms. The monoisotopic (exact) mass is 235 g/mol. The third kappa shape index (κ3) is 3.84. The van der Waals surface area contributed by atoms with E-state index in [1.165, 1.54) is 32.1 Å². The van der Waals surface area contributed by atoms with E-state index in [1.807, 2.05) is 6.33 Å². The average Bonchev–Trinajstić information content (AvgIpc) is 2.77. The minimum atomic E-state index is 0.257. The second-order valence-electron chi connectivity index (χ2n) is 5.44. The summed E-state index contributed by atoms with van der Waals surface area (Å²) in [5, 5.41) is 0. The summed E-state index contributed by atoms with van der Waals surface area (Å²) in [4.78, 5) is 4.45. The van der Waals surface area contributed by atoms with Crippen molar-refractivity contribution in [2.75, 3.05) is 0 Å². The number of hydrogen-bond acceptors (Lipinski definition) is 2. The summed E-state index contributed by atoms with van der Waals surface area (Å²) in [6.07, 6.45) is 13.1. The van der Waals surface area contributed by atoms with Crippen LogP contribution >= 0.6 is 0 Å². The Morgan fingerprint density at radius 1 is 1.41 bits per heavy atom. The van der Waals surface area contributed by atoms with Gasteiger partial charge in [0.25, 0.3) is 0 Å². The summed E-state index contributed by atoms with van der Waals surface area (Å²) in [5.41, 5.74) is 7.10. The molecule has 1 fully saturated rings. The molecule has 0 aliphatic heterocycles. The molecule has 0 saturated heterocycles. The van der Waals surface area contributed by atoms with Crippen LogP contribution in [0, 0.1) is 5.92 Å². The molecule has 1 unspecified atom stereocenters. The molecule has 1 heterocycles. The van der Waals surface area contributed by atoms with Crippen molar-refractivity contribution in [3.05, 3.63) is 18.2 Å². The fourth-order valence-electron chi connectivity index (χ4n) is 2.69. The zero-order valence-corrected chi connectivity index (χ0v) is 10.9. The molecule has 17 heavy (non-hydrogen) atoms. The van der Waals surface area contributed by atoms with Crippen LogP contribution in [0.1, 0.15) is 51.1 Å². The highest BCUT2D eigenvalue weighted by molar-refractivity contribution is 4.99. The summed E-state index contributed by atoms with van der Waals surface area (Å²) < 4.78 is 2.26.